The van der Waals surface area contributed by atoms with Crippen molar-refractivity contribution < 1.29 is 8.42 Å². The van der Waals surface area contributed by atoms with Gasteiger partial charge in [0.15, 0.2) is 5.82 Å². The predicted molar refractivity (Wildman–Crippen MR) is 69.2 cm³/mol. The molecule has 1 heterocycles. The number of nitrogen functional groups attached to an aromatic ring is 1. The number of sulfone groups is 1. The van der Waals surface area contributed by atoms with Gasteiger partial charge >= 0.3 is 0 Å². The fourth-order valence-corrected chi connectivity index (χ4v) is 2.04. The number of anilines is 2. The van der Waals surface area contributed by atoms with Gasteiger partial charge in [0.2, 0.25) is 5.28 Å². The van der Waals surface area contributed by atoms with Crippen molar-refractivity contribution >= 4 is 32.9 Å². The maximum atomic E-state index is 11.1. The molecular formula is C9H15ClN4O2S. The number of rotatable bonds is 4. The molecule has 6 nitrogen and oxygen atoms in total. The second-order valence-electron chi connectivity index (χ2n) is 3.87. The van der Waals surface area contributed by atoms with E-state index in [9.17, 15) is 8.42 Å². The number of nitrogens with zero attached hydrogens (tertiary/aromatic N) is 3. The van der Waals surface area contributed by atoms with E-state index in [0.29, 0.717) is 23.7 Å². The van der Waals surface area contributed by atoms with Gasteiger partial charge in [-0.15, -0.1) is 0 Å². The third-order valence-corrected chi connectivity index (χ3v) is 3.34. The van der Waals surface area contributed by atoms with Crippen LogP contribution in [0.3, 0.4) is 0 Å². The van der Waals surface area contributed by atoms with Crippen molar-refractivity contribution in [3.8, 4) is 0 Å². The minimum absolute atomic E-state index is 0.0314. The molecule has 1 aromatic heterocycles. The van der Waals surface area contributed by atoms with Gasteiger partial charge in [0.25, 0.3) is 0 Å². The van der Waals surface area contributed by atoms with E-state index in [1.54, 1.807) is 18.9 Å². The second-order valence-corrected chi connectivity index (χ2v) is 6.46. The van der Waals surface area contributed by atoms with Gasteiger partial charge in [0, 0.05) is 19.8 Å². The molecule has 0 unspecified atom stereocenters. The zero-order valence-electron chi connectivity index (χ0n) is 9.94. The molecule has 0 fully saturated rings. The van der Waals surface area contributed by atoms with E-state index in [2.05, 4.69) is 9.97 Å². The lowest BCUT2D eigenvalue weighted by molar-refractivity contribution is 0.601. The van der Waals surface area contributed by atoms with Gasteiger partial charge in [-0.1, -0.05) is 0 Å². The Morgan fingerprint density at radius 1 is 1.41 bits per heavy atom. The summed E-state index contributed by atoms with van der Waals surface area (Å²) >= 11 is 5.73. The summed E-state index contributed by atoms with van der Waals surface area (Å²) in [6, 6.07) is 0. The molecule has 1 rings (SSSR count). The number of hydrogen-bond donors (Lipinski definition) is 1. The van der Waals surface area contributed by atoms with Crippen molar-refractivity contribution in [2.75, 3.05) is 36.2 Å². The smallest absolute Gasteiger partial charge is 0.224 e. The Hall–Kier alpha value is -1.08. The van der Waals surface area contributed by atoms with Crippen LogP contribution < -0.4 is 10.6 Å². The van der Waals surface area contributed by atoms with Crippen LogP contribution in [0.1, 0.15) is 5.69 Å². The van der Waals surface area contributed by atoms with Crippen molar-refractivity contribution in [3.63, 3.8) is 0 Å². The van der Waals surface area contributed by atoms with Crippen molar-refractivity contribution in [1.29, 1.82) is 0 Å². The minimum atomic E-state index is -3.02. The summed E-state index contributed by atoms with van der Waals surface area (Å²) in [4.78, 5) is 9.55. The molecule has 0 amide bonds. The first-order valence-electron chi connectivity index (χ1n) is 4.89. The molecule has 0 radical (unpaired) electrons. The highest BCUT2D eigenvalue weighted by molar-refractivity contribution is 7.90. The van der Waals surface area contributed by atoms with Crippen LogP contribution in [0.5, 0.6) is 0 Å². The third kappa shape index (κ3) is 4.01. The Kier molecular flexibility index (Phi) is 4.16. The molecule has 0 aromatic carbocycles. The van der Waals surface area contributed by atoms with Crippen LogP contribution >= 0.6 is 11.6 Å². The van der Waals surface area contributed by atoms with Crippen LogP contribution in [0.2, 0.25) is 5.28 Å². The summed E-state index contributed by atoms with van der Waals surface area (Å²) < 4.78 is 22.1. The summed E-state index contributed by atoms with van der Waals surface area (Å²) in [6.07, 6.45) is 1.18. The minimum Gasteiger partial charge on any atom is -0.394 e. The van der Waals surface area contributed by atoms with E-state index in [-0.39, 0.29) is 11.0 Å². The van der Waals surface area contributed by atoms with Crippen LogP contribution in [0.25, 0.3) is 0 Å². The van der Waals surface area contributed by atoms with E-state index in [0.717, 1.165) is 0 Å². The molecule has 96 valence electrons. The average Bonchev–Trinajstić information content (AvgIpc) is 2.19. The quantitative estimate of drug-likeness (QED) is 0.807. The normalized spacial score (nSPS) is 11.5. The van der Waals surface area contributed by atoms with Crippen LogP contribution in [0.15, 0.2) is 0 Å². The molecule has 0 saturated heterocycles. The lowest BCUT2D eigenvalue weighted by Crippen LogP contribution is -2.27. The lowest BCUT2D eigenvalue weighted by atomic mass is 10.3. The summed E-state index contributed by atoms with van der Waals surface area (Å²) in [5, 5.41) is 0.0953. The first-order valence-corrected chi connectivity index (χ1v) is 7.33. The second kappa shape index (κ2) is 5.05. The van der Waals surface area contributed by atoms with Crippen molar-refractivity contribution in [1.82, 2.24) is 9.97 Å². The largest absolute Gasteiger partial charge is 0.394 e. The molecule has 1 aromatic rings. The first-order chi connectivity index (χ1) is 7.70. The Balaban J connectivity index is 2.93. The van der Waals surface area contributed by atoms with Gasteiger partial charge in [-0.2, -0.15) is 4.98 Å². The van der Waals surface area contributed by atoms with Gasteiger partial charge in [0.1, 0.15) is 9.84 Å². The summed E-state index contributed by atoms with van der Waals surface area (Å²) in [7, 11) is -1.31. The number of halogens is 1. The molecule has 0 spiro atoms. The molecule has 0 aliphatic rings. The molecule has 0 bridgehead atoms. The number of aryl methyl sites for hydroxylation is 1. The first kappa shape index (κ1) is 14.0. The lowest BCUT2D eigenvalue weighted by Gasteiger charge is -2.20. The van der Waals surface area contributed by atoms with Crippen molar-refractivity contribution in [2.45, 2.75) is 6.92 Å². The van der Waals surface area contributed by atoms with Crippen LogP contribution in [0.4, 0.5) is 11.5 Å². The fraction of sp³-hybridized carbons (Fsp3) is 0.556. The summed E-state index contributed by atoms with van der Waals surface area (Å²) in [6.45, 7) is 2.02. The zero-order chi connectivity index (χ0) is 13.2. The third-order valence-electron chi connectivity index (χ3n) is 2.25. The highest BCUT2D eigenvalue weighted by atomic mass is 35.5. The van der Waals surface area contributed by atoms with Crippen molar-refractivity contribution in [3.05, 3.63) is 11.0 Å². The van der Waals surface area contributed by atoms with E-state index in [1.165, 1.54) is 6.26 Å². The van der Waals surface area contributed by atoms with E-state index in [1.807, 2.05) is 0 Å². The van der Waals surface area contributed by atoms with Crippen LogP contribution in [-0.2, 0) is 9.84 Å². The van der Waals surface area contributed by atoms with Gasteiger partial charge in [-0.3, -0.25) is 0 Å². The summed E-state index contributed by atoms with van der Waals surface area (Å²) in [5.74, 6) is 0.481. The predicted octanol–water partition coefficient (Wildman–Crippen LogP) is 0.501. The summed E-state index contributed by atoms with van der Waals surface area (Å²) in [5.41, 5.74) is 6.80. The zero-order valence-corrected chi connectivity index (χ0v) is 11.5. The van der Waals surface area contributed by atoms with Gasteiger partial charge in [-0.05, 0) is 18.5 Å². The molecule has 0 aliphatic heterocycles. The Morgan fingerprint density at radius 2 is 2.00 bits per heavy atom. The van der Waals surface area contributed by atoms with Gasteiger partial charge < -0.3 is 10.6 Å². The Bertz CT molecular complexity index is 518. The van der Waals surface area contributed by atoms with Crippen molar-refractivity contribution in [2.24, 2.45) is 0 Å². The fourth-order valence-electron chi connectivity index (χ4n) is 1.23. The number of aromatic nitrogens is 2. The van der Waals surface area contributed by atoms with Gasteiger partial charge in [-0.25, -0.2) is 13.4 Å². The topological polar surface area (TPSA) is 89.2 Å². The Labute approximate surface area is 106 Å². The average molecular weight is 279 g/mol. The molecule has 0 saturated carbocycles. The molecule has 17 heavy (non-hydrogen) atoms. The van der Waals surface area contributed by atoms with Gasteiger partial charge in [0.05, 0.1) is 17.1 Å². The number of hydrogen-bond acceptors (Lipinski definition) is 6. The van der Waals surface area contributed by atoms with E-state index < -0.39 is 9.84 Å². The standard InChI is InChI=1S/C9H15ClN4O2S/c1-6-7(11)8(13-9(10)12-6)14(2)4-5-17(3,15)16/h4-5,11H2,1-3H3. The molecule has 2 N–H and O–H groups in total. The monoisotopic (exact) mass is 278 g/mol. The molecule has 0 atom stereocenters. The van der Waals surface area contributed by atoms with Crippen LogP contribution in [0, 0.1) is 6.92 Å². The van der Waals surface area contributed by atoms with E-state index >= 15 is 0 Å². The molecule has 8 heteroatoms. The SMILES string of the molecule is Cc1nc(Cl)nc(N(C)CCS(C)(=O)=O)c1N. The number of nitrogens with two attached hydrogens (primary N) is 1. The highest BCUT2D eigenvalue weighted by Gasteiger charge is 2.13. The van der Waals surface area contributed by atoms with Crippen LogP contribution in [-0.4, -0.2) is 44.0 Å². The van der Waals surface area contributed by atoms with E-state index in [4.69, 9.17) is 17.3 Å². The molecule has 0 aliphatic carbocycles. The highest BCUT2D eigenvalue weighted by Crippen LogP contribution is 2.23. The maximum Gasteiger partial charge on any atom is 0.224 e. The molecular weight excluding hydrogens is 264 g/mol. The maximum absolute atomic E-state index is 11.1. The Morgan fingerprint density at radius 3 is 2.53 bits per heavy atom.